The second-order valence-electron chi connectivity index (χ2n) is 6.45. The van der Waals surface area contributed by atoms with Crippen LogP contribution in [-0.4, -0.2) is 19.1 Å². The van der Waals surface area contributed by atoms with Crippen LogP contribution in [0.3, 0.4) is 0 Å². The van der Waals surface area contributed by atoms with E-state index in [4.69, 9.17) is 5.73 Å². The molecule has 1 aromatic rings. The highest BCUT2D eigenvalue weighted by Crippen LogP contribution is 2.48. The van der Waals surface area contributed by atoms with Gasteiger partial charge in [-0.25, -0.2) is 0 Å². The van der Waals surface area contributed by atoms with Gasteiger partial charge in [-0.3, -0.25) is 0 Å². The molecule has 0 aromatic heterocycles. The van der Waals surface area contributed by atoms with Crippen LogP contribution >= 0.6 is 0 Å². The summed E-state index contributed by atoms with van der Waals surface area (Å²) in [6.07, 6.45) is 4.17. The first-order valence-corrected chi connectivity index (χ1v) is 7.76. The van der Waals surface area contributed by atoms with Crippen molar-refractivity contribution in [3.8, 4) is 0 Å². The van der Waals surface area contributed by atoms with Crippen molar-refractivity contribution in [1.29, 1.82) is 0 Å². The molecule has 0 heterocycles. The van der Waals surface area contributed by atoms with Crippen molar-refractivity contribution in [2.45, 2.75) is 39.2 Å². The number of nitrogens with zero attached hydrogens (tertiary/aromatic N) is 1. The molecular weight excluding hydrogens is 232 g/mol. The molecule has 0 saturated heterocycles. The molecule has 2 aliphatic carbocycles. The van der Waals surface area contributed by atoms with Crippen LogP contribution in [-0.2, 0) is 0 Å². The Morgan fingerprint density at radius 2 is 2.05 bits per heavy atom. The molecule has 19 heavy (non-hydrogen) atoms. The highest BCUT2D eigenvalue weighted by molar-refractivity contribution is 5.48. The molecule has 0 aliphatic heterocycles. The molecule has 2 nitrogen and oxygen atoms in total. The van der Waals surface area contributed by atoms with Gasteiger partial charge >= 0.3 is 0 Å². The number of benzene rings is 1. The normalized spacial score (nSPS) is 32.8. The Bertz CT molecular complexity index is 441. The van der Waals surface area contributed by atoms with Crippen LogP contribution in [0.4, 0.5) is 5.69 Å². The third-order valence-electron chi connectivity index (χ3n) is 5.34. The van der Waals surface area contributed by atoms with Crippen LogP contribution in [0.1, 0.15) is 31.7 Å². The van der Waals surface area contributed by atoms with E-state index in [0.717, 1.165) is 24.9 Å². The van der Waals surface area contributed by atoms with Gasteiger partial charge < -0.3 is 10.6 Å². The Balaban J connectivity index is 1.73. The highest BCUT2D eigenvalue weighted by Gasteiger charge is 2.45. The molecule has 2 N–H and O–H groups in total. The number of hydrogen-bond donors (Lipinski definition) is 1. The fraction of sp³-hybridized carbons (Fsp3) is 0.647. The standard InChI is InChI=1S/C17H26N2/c1-3-19(15-6-4-5-12(2)9-15)11-16-13-7-8-14(10-13)17(16)18/h4-6,9,13-14,16-17H,3,7-8,10-11,18H2,1-2H3. The predicted octanol–water partition coefficient (Wildman–Crippen LogP) is 3.19. The van der Waals surface area contributed by atoms with Crippen molar-refractivity contribution in [3.05, 3.63) is 29.8 Å². The minimum Gasteiger partial charge on any atom is -0.371 e. The van der Waals surface area contributed by atoms with Crippen molar-refractivity contribution in [2.75, 3.05) is 18.0 Å². The van der Waals surface area contributed by atoms with Crippen LogP contribution in [0.25, 0.3) is 0 Å². The van der Waals surface area contributed by atoms with Crippen LogP contribution in [0, 0.1) is 24.7 Å². The molecule has 1 aromatic carbocycles. The lowest BCUT2D eigenvalue weighted by Gasteiger charge is -2.34. The maximum atomic E-state index is 6.45. The van der Waals surface area contributed by atoms with Crippen molar-refractivity contribution >= 4 is 5.69 Å². The largest absolute Gasteiger partial charge is 0.371 e. The van der Waals surface area contributed by atoms with Gasteiger partial charge in [0.2, 0.25) is 0 Å². The molecule has 3 rings (SSSR count). The molecule has 2 aliphatic rings. The van der Waals surface area contributed by atoms with Gasteiger partial charge in [0.1, 0.15) is 0 Å². The second-order valence-corrected chi connectivity index (χ2v) is 6.45. The first-order valence-electron chi connectivity index (χ1n) is 7.76. The van der Waals surface area contributed by atoms with E-state index >= 15 is 0 Å². The molecular formula is C17H26N2. The monoisotopic (exact) mass is 258 g/mol. The summed E-state index contributed by atoms with van der Waals surface area (Å²) >= 11 is 0. The predicted molar refractivity (Wildman–Crippen MR) is 81.4 cm³/mol. The molecule has 2 fully saturated rings. The molecule has 2 saturated carbocycles. The lowest BCUT2D eigenvalue weighted by atomic mass is 9.84. The minimum atomic E-state index is 0.442. The van der Waals surface area contributed by atoms with Crippen LogP contribution in [0.15, 0.2) is 24.3 Å². The van der Waals surface area contributed by atoms with E-state index in [1.165, 1.54) is 30.5 Å². The quantitative estimate of drug-likeness (QED) is 0.898. The Labute approximate surface area is 117 Å². The number of hydrogen-bond acceptors (Lipinski definition) is 2. The van der Waals surface area contributed by atoms with Crippen LogP contribution in [0.2, 0.25) is 0 Å². The lowest BCUT2D eigenvalue weighted by molar-refractivity contribution is 0.291. The topological polar surface area (TPSA) is 29.3 Å². The number of fused-ring (bicyclic) bond motifs is 2. The van der Waals surface area contributed by atoms with E-state index in [1.54, 1.807) is 0 Å². The summed E-state index contributed by atoms with van der Waals surface area (Å²) in [7, 11) is 0. The van der Waals surface area contributed by atoms with Gasteiger partial charge in [0.15, 0.2) is 0 Å². The second kappa shape index (κ2) is 5.16. The minimum absolute atomic E-state index is 0.442. The molecule has 2 bridgehead atoms. The molecule has 0 spiro atoms. The van der Waals surface area contributed by atoms with E-state index in [0.29, 0.717) is 12.0 Å². The Morgan fingerprint density at radius 1 is 1.26 bits per heavy atom. The molecule has 0 radical (unpaired) electrons. The summed E-state index contributed by atoms with van der Waals surface area (Å²) < 4.78 is 0. The first-order chi connectivity index (χ1) is 9.19. The highest BCUT2D eigenvalue weighted by atomic mass is 15.1. The number of nitrogens with two attached hydrogens (primary N) is 1. The zero-order valence-electron chi connectivity index (χ0n) is 12.2. The maximum absolute atomic E-state index is 6.45. The number of rotatable bonds is 4. The van der Waals surface area contributed by atoms with Gasteiger partial charge in [-0.2, -0.15) is 0 Å². The van der Waals surface area contributed by atoms with Crippen molar-refractivity contribution < 1.29 is 0 Å². The summed E-state index contributed by atoms with van der Waals surface area (Å²) in [6, 6.07) is 9.30. The van der Waals surface area contributed by atoms with Crippen LogP contribution < -0.4 is 10.6 Å². The number of anilines is 1. The Hall–Kier alpha value is -1.02. The average molecular weight is 258 g/mol. The average Bonchev–Trinajstić information content (AvgIpc) is 2.98. The fourth-order valence-electron chi connectivity index (χ4n) is 4.22. The smallest absolute Gasteiger partial charge is 0.0368 e. The zero-order valence-corrected chi connectivity index (χ0v) is 12.2. The van der Waals surface area contributed by atoms with Gasteiger partial charge in [0.25, 0.3) is 0 Å². The van der Waals surface area contributed by atoms with Gasteiger partial charge in [0, 0.05) is 24.8 Å². The third kappa shape index (κ3) is 2.38. The lowest BCUT2D eigenvalue weighted by Crippen LogP contribution is -2.43. The molecule has 0 amide bonds. The van der Waals surface area contributed by atoms with Gasteiger partial charge in [-0.15, -0.1) is 0 Å². The summed E-state index contributed by atoms with van der Waals surface area (Å²) in [6.45, 7) is 6.63. The number of aryl methyl sites for hydroxylation is 1. The molecule has 4 unspecified atom stereocenters. The molecule has 4 atom stereocenters. The van der Waals surface area contributed by atoms with Crippen LogP contribution in [0.5, 0.6) is 0 Å². The third-order valence-corrected chi connectivity index (χ3v) is 5.34. The van der Waals surface area contributed by atoms with E-state index in [-0.39, 0.29) is 0 Å². The Morgan fingerprint density at radius 3 is 2.68 bits per heavy atom. The molecule has 104 valence electrons. The van der Waals surface area contributed by atoms with Crippen molar-refractivity contribution in [3.63, 3.8) is 0 Å². The van der Waals surface area contributed by atoms with E-state index in [2.05, 4.69) is 43.0 Å². The van der Waals surface area contributed by atoms with E-state index < -0.39 is 0 Å². The fourth-order valence-corrected chi connectivity index (χ4v) is 4.22. The summed E-state index contributed by atoms with van der Waals surface area (Å²) in [4.78, 5) is 2.51. The first kappa shape index (κ1) is 13.0. The van der Waals surface area contributed by atoms with E-state index in [9.17, 15) is 0 Å². The van der Waals surface area contributed by atoms with Gasteiger partial charge in [0.05, 0.1) is 0 Å². The van der Waals surface area contributed by atoms with E-state index in [1.807, 2.05) is 0 Å². The maximum Gasteiger partial charge on any atom is 0.0368 e. The summed E-state index contributed by atoms with van der Waals surface area (Å²) in [5.41, 5.74) is 9.15. The van der Waals surface area contributed by atoms with Gasteiger partial charge in [-0.1, -0.05) is 12.1 Å². The van der Waals surface area contributed by atoms with Gasteiger partial charge in [-0.05, 0) is 68.6 Å². The SMILES string of the molecule is CCN(CC1C2CCC(C2)C1N)c1cccc(C)c1. The zero-order chi connectivity index (χ0) is 13.4. The summed E-state index contributed by atoms with van der Waals surface area (Å²) in [5.74, 6) is 2.41. The van der Waals surface area contributed by atoms with Crippen molar-refractivity contribution in [1.82, 2.24) is 0 Å². The molecule has 2 heteroatoms. The van der Waals surface area contributed by atoms with Crippen molar-refractivity contribution in [2.24, 2.45) is 23.5 Å². The Kier molecular flexibility index (Phi) is 3.53. The summed E-state index contributed by atoms with van der Waals surface area (Å²) in [5, 5.41) is 0.